The van der Waals surface area contributed by atoms with Crippen LogP contribution in [0.2, 0.25) is 0 Å². The SMILES string of the molecule is Cc1cc(CC(O)(c2ccccc2)c2ccccc2)on1. The molecule has 0 atom stereocenters. The van der Waals surface area contributed by atoms with Crippen molar-refractivity contribution in [3.05, 3.63) is 89.3 Å². The lowest BCUT2D eigenvalue weighted by molar-refractivity contribution is 0.0732. The second kappa shape index (κ2) is 5.54. The Balaban J connectivity index is 2.07. The van der Waals surface area contributed by atoms with Gasteiger partial charge in [-0.25, -0.2) is 0 Å². The Labute approximate surface area is 123 Å². The van der Waals surface area contributed by atoms with Crippen molar-refractivity contribution in [1.29, 1.82) is 0 Å². The maximum absolute atomic E-state index is 11.3. The molecule has 0 fully saturated rings. The van der Waals surface area contributed by atoms with Crippen molar-refractivity contribution < 1.29 is 9.63 Å². The second-order valence-electron chi connectivity index (χ2n) is 5.20. The minimum Gasteiger partial charge on any atom is -0.380 e. The Kier molecular flexibility index (Phi) is 3.59. The predicted octanol–water partition coefficient (Wildman–Crippen LogP) is 3.46. The number of rotatable bonds is 4. The van der Waals surface area contributed by atoms with Crippen LogP contribution in [0.1, 0.15) is 22.6 Å². The van der Waals surface area contributed by atoms with E-state index in [0.717, 1.165) is 16.8 Å². The van der Waals surface area contributed by atoms with Crippen molar-refractivity contribution in [3.8, 4) is 0 Å². The molecule has 0 aliphatic heterocycles. The largest absolute Gasteiger partial charge is 0.380 e. The highest BCUT2D eigenvalue weighted by molar-refractivity contribution is 5.37. The Morgan fingerprint density at radius 3 is 1.90 bits per heavy atom. The van der Waals surface area contributed by atoms with Crippen LogP contribution in [0, 0.1) is 6.92 Å². The van der Waals surface area contributed by atoms with Gasteiger partial charge in [0.05, 0.1) is 5.69 Å². The zero-order chi connectivity index (χ0) is 14.7. The average Bonchev–Trinajstić information content (AvgIpc) is 2.94. The monoisotopic (exact) mass is 279 g/mol. The van der Waals surface area contributed by atoms with Gasteiger partial charge >= 0.3 is 0 Å². The summed E-state index contributed by atoms with van der Waals surface area (Å²) in [7, 11) is 0. The summed E-state index contributed by atoms with van der Waals surface area (Å²) in [6, 6.07) is 21.1. The zero-order valence-electron chi connectivity index (χ0n) is 11.9. The third-order valence-electron chi connectivity index (χ3n) is 3.61. The van der Waals surface area contributed by atoms with Gasteiger partial charge in [-0.1, -0.05) is 65.8 Å². The van der Waals surface area contributed by atoms with Crippen molar-refractivity contribution in [2.24, 2.45) is 0 Å². The molecule has 1 aromatic heterocycles. The number of nitrogens with zero attached hydrogens (tertiary/aromatic N) is 1. The highest BCUT2D eigenvalue weighted by atomic mass is 16.5. The standard InChI is InChI=1S/C18H17NO2/c1-14-12-17(21-19-14)13-18(20,15-8-4-2-5-9-15)16-10-6-3-7-11-16/h2-12,20H,13H2,1H3. The van der Waals surface area contributed by atoms with Gasteiger partial charge in [0.2, 0.25) is 0 Å². The van der Waals surface area contributed by atoms with Crippen molar-refractivity contribution in [2.45, 2.75) is 18.9 Å². The minimum absolute atomic E-state index is 0.349. The van der Waals surface area contributed by atoms with Gasteiger partial charge in [-0.2, -0.15) is 0 Å². The maximum Gasteiger partial charge on any atom is 0.140 e. The maximum atomic E-state index is 11.3. The molecule has 0 saturated carbocycles. The molecule has 0 spiro atoms. The lowest BCUT2D eigenvalue weighted by atomic mass is 9.83. The Hall–Kier alpha value is -2.39. The van der Waals surface area contributed by atoms with Gasteiger partial charge in [-0.05, 0) is 18.1 Å². The fourth-order valence-electron chi connectivity index (χ4n) is 2.55. The second-order valence-corrected chi connectivity index (χ2v) is 5.20. The third kappa shape index (κ3) is 2.73. The highest BCUT2D eigenvalue weighted by Gasteiger charge is 2.33. The number of aryl methyl sites for hydroxylation is 1. The summed E-state index contributed by atoms with van der Waals surface area (Å²) in [4.78, 5) is 0. The van der Waals surface area contributed by atoms with E-state index in [9.17, 15) is 5.11 Å². The molecule has 0 saturated heterocycles. The molecule has 21 heavy (non-hydrogen) atoms. The lowest BCUT2D eigenvalue weighted by Crippen LogP contribution is -2.29. The summed E-state index contributed by atoms with van der Waals surface area (Å²) in [5.41, 5.74) is 1.36. The number of aromatic nitrogens is 1. The quantitative estimate of drug-likeness (QED) is 0.795. The van der Waals surface area contributed by atoms with E-state index in [4.69, 9.17) is 4.52 Å². The zero-order valence-corrected chi connectivity index (χ0v) is 11.9. The highest BCUT2D eigenvalue weighted by Crippen LogP contribution is 2.33. The van der Waals surface area contributed by atoms with Crippen LogP contribution in [0.4, 0.5) is 0 Å². The summed E-state index contributed by atoms with van der Waals surface area (Å²) in [6.07, 6.45) is 0.349. The Morgan fingerprint density at radius 1 is 0.952 bits per heavy atom. The van der Waals surface area contributed by atoms with Gasteiger partial charge in [0.25, 0.3) is 0 Å². The van der Waals surface area contributed by atoms with Gasteiger partial charge in [-0.3, -0.25) is 0 Å². The molecular weight excluding hydrogens is 262 g/mol. The van der Waals surface area contributed by atoms with Crippen LogP contribution in [-0.4, -0.2) is 10.3 Å². The number of benzene rings is 2. The molecule has 106 valence electrons. The molecule has 1 heterocycles. The van der Waals surface area contributed by atoms with Crippen LogP contribution in [0.3, 0.4) is 0 Å². The van der Waals surface area contributed by atoms with E-state index in [0.29, 0.717) is 12.2 Å². The molecule has 0 aliphatic rings. The van der Waals surface area contributed by atoms with E-state index in [1.54, 1.807) is 0 Å². The van der Waals surface area contributed by atoms with E-state index >= 15 is 0 Å². The van der Waals surface area contributed by atoms with E-state index in [2.05, 4.69) is 5.16 Å². The topological polar surface area (TPSA) is 46.3 Å². The third-order valence-corrected chi connectivity index (χ3v) is 3.61. The molecule has 3 nitrogen and oxygen atoms in total. The molecule has 3 aromatic rings. The Morgan fingerprint density at radius 2 is 1.48 bits per heavy atom. The van der Waals surface area contributed by atoms with Crippen molar-refractivity contribution >= 4 is 0 Å². The summed E-state index contributed by atoms with van der Waals surface area (Å²) in [6.45, 7) is 1.87. The van der Waals surface area contributed by atoms with Crippen molar-refractivity contribution in [3.63, 3.8) is 0 Å². The van der Waals surface area contributed by atoms with Crippen LogP contribution < -0.4 is 0 Å². The summed E-state index contributed by atoms with van der Waals surface area (Å²) >= 11 is 0. The fraction of sp³-hybridized carbons (Fsp3) is 0.167. The van der Waals surface area contributed by atoms with Crippen molar-refractivity contribution in [1.82, 2.24) is 5.16 Å². The first-order valence-electron chi connectivity index (χ1n) is 6.94. The smallest absolute Gasteiger partial charge is 0.140 e. The minimum atomic E-state index is -1.13. The van der Waals surface area contributed by atoms with E-state index < -0.39 is 5.60 Å². The summed E-state index contributed by atoms with van der Waals surface area (Å²) in [5.74, 6) is 0.669. The molecule has 3 rings (SSSR count). The van der Waals surface area contributed by atoms with E-state index in [1.807, 2.05) is 73.7 Å². The van der Waals surface area contributed by atoms with Gasteiger partial charge < -0.3 is 9.63 Å². The first-order valence-corrected chi connectivity index (χ1v) is 6.94. The molecule has 0 bridgehead atoms. The van der Waals surface area contributed by atoms with Crippen molar-refractivity contribution in [2.75, 3.05) is 0 Å². The first kappa shape index (κ1) is 13.6. The lowest BCUT2D eigenvalue weighted by Gasteiger charge is -2.28. The molecule has 0 unspecified atom stereocenters. The van der Waals surface area contributed by atoms with Crippen LogP contribution in [0.15, 0.2) is 71.3 Å². The molecule has 1 N–H and O–H groups in total. The average molecular weight is 279 g/mol. The van der Waals surface area contributed by atoms with Crippen LogP contribution in [-0.2, 0) is 12.0 Å². The first-order chi connectivity index (χ1) is 10.2. The number of hydrogen-bond donors (Lipinski definition) is 1. The Bertz CT molecular complexity index is 665. The molecule has 3 heteroatoms. The predicted molar refractivity (Wildman–Crippen MR) is 80.8 cm³/mol. The van der Waals surface area contributed by atoms with E-state index in [1.165, 1.54) is 0 Å². The number of hydrogen-bond acceptors (Lipinski definition) is 3. The van der Waals surface area contributed by atoms with E-state index in [-0.39, 0.29) is 0 Å². The summed E-state index contributed by atoms with van der Waals surface area (Å²) in [5, 5.41) is 15.2. The molecule has 2 aromatic carbocycles. The van der Waals surface area contributed by atoms with Gasteiger partial charge in [0, 0.05) is 12.5 Å². The van der Waals surface area contributed by atoms with Gasteiger partial charge in [0.1, 0.15) is 11.4 Å². The fourth-order valence-corrected chi connectivity index (χ4v) is 2.55. The molecule has 0 amide bonds. The molecule has 0 aliphatic carbocycles. The van der Waals surface area contributed by atoms with Crippen LogP contribution in [0.25, 0.3) is 0 Å². The van der Waals surface area contributed by atoms with Crippen LogP contribution in [0.5, 0.6) is 0 Å². The molecule has 0 radical (unpaired) electrons. The molecular formula is C18H17NO2. The summed E-state index contributed by atoms with van der Waals surface area (Å²) < 4.78 is 5.29. The van der Waals surface area contributed by atoms with Gasteiger partial charge in [0.15, 0.2) is 0 Å². The number of aliphatic hydroxyl groups is 1. The van der Waals surface area contributed by atoms with Crippen LogP contribution >= 0.6 is 0 Å². The normalized spacial score (nSPS) is 11.5. The van der Waals surface area contributed by atoms with Gasteiger partial charge in [-0.15, -0.1) is 0 Å².